The van der Waals surface area contributed by atoms with Crippen LogP contribution in [0.25, 0.3) is 5.69 Å². The second-order valence-electron chi connectivity index (χ2n) is 3.56. The van der Waals surface area contributed by atoms with E-state index in [1.54, 1.807) is 17.2 Å². The molecule has 0 fully saturated rings. The van der Waals surface area contributed by atoms with E-state index in [0.717, 1.165) is 5.69 Å². The minimum Gasteiger partial charge on any atom is -0.300 e. The van der Waals surface area contributed by atoms with Gasteiger partial charge in [-0.3, -0.25) is 0 Å². The van der Waals surface area contributed by atoms with Crippen LogP contribution < -0.4 is 0 Å². The van der Waals surface area contributed by atoms with Gasteiger partial charge < -0.3 is 4.79 Å². The molecule has 0 saturated carbocycles. The van der Waals surface area contributed by atoms with Crippen LogP contribution in [-0.4, -0.2) is 20.8 Å². The Morgan fingerprint density at radius 3 is 1.94 bits per heavy atom. The third-order valence-corrected chi connectivity index (χ3v) is 1.68. The largest absolute Gasteiger partial charge is 0.300 e. The summed E-state index contributed by atoms with van der Waals surface area (Å²) in [6.45, 7) is 5.11. The molecule has 0 amide bonds. The molecular formula is C12H15N3O. The predicted octanol–water partition coefficient (Wildman–Crippen LogP) is 2.17. The maximum Gasteiger partial charge on any atom is 0.126 e. The smallest absolute Gasteiger partial charge is 0.126 e. The lowest BCUT2D eigenvalue weighted by Crippen LogP contribution is -1.97. The molecule has 0 saturated heterocycles. The first-order valence-corrected chi connectivity index (χ1v) is 5.00. The Morgan fingerprint density at radius 1 is 1.06 bits per heavy atom. The third kappa shape index (κ3) is 4.04. The Balaban J connectivity index is 0.000000280. The number of hydrogen-bond donors (Lipinski definition) is 0. The van der Waals surface area contributed by atoms with Gasteiger partial charge in [-0.2, -0.15) is 15.0 Å². The van der Waals surface area contributed by atoms with E-state index in [-0.39, 0.29) is 5.78 Å². The average molecular weight is 217 g/mol. The predicted molar refractivity (Wildman–Crippen MR) is 62.5 cm³/mol. The molecule has 0 aliphatic carbocycles. The third-order valence-electron chi connectivity index (χ3n) is 1.68. The lowest BCUT2D eigenvalue weighted by atomic mass is 10.2. The van der Waals surface area contributed by atoms with Gasteiger partial charge in [0.15, 0.2) is 0 Å². The summed E-state index contributed by atoms with van der Waals surface area (Å²) in [6.07, 6.45) is 3.33. The lowest BCUT2D eigenvalue weighted by Gasteiger charge is -1.98. The Hall–Kier alpha value is -1.97. The van der Waals surface area contributed by atoms with Crippen LogP contribution in [0.3, 0.4) is 0 Å². The van der Waals surface area contributed by atoms with Gasteiger partial charge in [0.05, 0.1) is 18.1 Å². The molecule has 2 rings (SSSR count). The van der Waals surface area contributed by atoms with Gasteiger partial charge in [-0.15, -0.1) is 0 Å². The van der Waals surface area contributed by atoms with Crippen LogP contribution in [0.15, 0.2) is 36.7 Å². The highest BCUT2D eigenvalue weighted by Gasteiger charge is 1.94. The standard InChI is InChI=1S/C9H9N3.C3H6O/c1-8-2-4-9(5-3-8)12-10-6-7-11-12;1-3(2)4/h2-7H,1H3;1-2H3. The fraction of sp³-hybridized carbons (Fsp3) is 0.250. The van der Waals surface area contributed by atoms with Crippen molar-refractivity contribution in [1.82, 2.24) is 15.0 Å². The summed E-state index contributed by atoms with van der Waals surface area (Å²) in [5.41, 5.74) is 2.23. The number of hydrogen-bond acceptors (Lipinski definition) is 3. The summed E-state index contributed by atoms with van der Waals surface area (Å²) >= 11 is 0. The van der Waals surface area contributed by atoms with Crippen LogP contribution in [0.4, 0.5) is 0 Å². The van der Waals surface area contributed by atoms with Crippen LogP contribution in [0.5, 0.6) is 0 Å². The summed E-state index contributed by atoms with van der Waals surface area (Å²) in [5.74, 6) is 0.167. The van der Waals surface area contributed by atoms with E-state index in [1.807, 2.05) is 24.3 Å². The molecule has 4 nitrogen and oxygen atoms in total. The Kier molecular flexibility index (Phi) is 4.39. The number of carbonyl (C=O) groups excluding carboxylic acids is 1. The van der Waals surface area contributed by atoms with Gasteiger partial charge >= 0.3 is 0 Å². The zero-order valence-corrected chi connectivity index (χ0v) is 9.71. The molecule has 1 aromatic carbocycles. The summed E-state index contributed by atoms with van der Waals surface area (Å²) in [5, 5.41) is 8.04. The maximum atomic E-state index is 9.44. The number of nitrogens with zero attached hydrogens (tertiary/aromatic N) is 3. The molecule has 4 heteroatoms. The minimum absolute atomic E-state index is 0.167. The van der Waals surface area contributed by atoms with Crippen molar-refractivity contribution in [1.29, 1.82) is 0 Å². The fourth-order valence-corrected chi connectivity index (χ4v) is 1.03. The van der Waals surface area contributed by atoms with Crippen LogP contribution in [0, 0.1) is 6.92 Å². The van der Waals surface area contributed by atoms with Crippen molar-refractivity contribution >= 4 is 5.78 Å². The van der Waals surface area contributed by atoms with Crippen molar-refractivity contribution in [3.05, 3.63) is 42.2 Å². The minimum atomic E-state index is 0.167. The second-order valence-corrected chi connectivity index (χ2v) is 3.56. The Labute approximate surface area is 94.9 Å². The van der Waals surface area contributed by atoms with Crippen molar-refractivity contribution in [2.24, 2.45) is 0 Å². The van der Waals surface area contributed by atoms with Gasteiger partial charge in [-0.1, -0.05) is 17.7 Å². The molecule has 0 aliphatic heterocycles. The summed E-state index contributed by atoms with van der Waals surface area (Å²) in [6, 6.07) is 8.07. The highest BCUT2D eigenvalue weighted by molar-refractivity contribution is 5.72. The average Bonchev–Trinajstić information content (AvgIpc) is 2.71. The van der Waals surface area contributed by atoms with Gasteiger partial charge in [0.1, 0.15) is 5.78 Å². The molecule has 0 bridgehead atoms. The number of aromatic nitrogens is 3. The van der Waals surface area contributed by atoms with Crippen molar-refractivity contribution in [3.8, 4) is 5.69 Å². The molecule has 1 aromatic heterocycles. The SMILES string of the molecule is CC(C)=O.Cc1ccc(-n2nccn2)cc1. The van der Waals surface area contributed by atoms with Gasteiger partial charge in [-0.05, 0) is 32.9 Å². The van der Waals surface area contributed by atoms with Crippen LogP contribution in [0.2, 0.25) is 0 Å². The first-order valence-electron chi connectivity index (χ1n) is 5.00. The molecule has 0 radical (unpaired) electrons. The maximum absolute atomic E-state index is 9.44. The molecule has 0 aliphatic rings. The highest BCUT2D eigenvalue weighted by Crippen LogP contribution is 2.05. The van der Waals surface area contributed by atoms with Gasteiger partial charge in [0.2, 0.25) is 0 Å². The number of aryl methyl sites for hydroxylation is 1. The van der Waals surface area contributed by atoms with Gasteiger partial charge in [0, 0.05) is 0 Å². The van der Waals surface area contributed by atoms with Crippen molar-refractivity contribution < 1.29 is 4.79 Å². The molecule has 1 heterocycles. The molecule has 16 heavy (non-hydrogen) atoms. The molecule has 0 N–H and O–H groups in total. The van der Waals surface area contributed by atoms with Crippen LogP contribution in [0.1, 0.15) is 19.4 Å². The number of ketones is 1. The zero-order chi connectivity index (χ0) is 12.0. The van der Waals surface area contributed by atoms with E-state index in [4.69, 9.17) is 0 Å². The van der Waals surface area contributed by atoms with Gasteiger partial charge in [0.25, 0.3) is 0 Å². The van der Waals surface area contributed by atoms with Crippen molar-refractivity contribution in [2.45, 2.75) is 20.8 Å². The van der Waals surface area contributed by atoms with E-state index < -0.39 is 0 Å². The number of rotatable bonds is 1. The van der Waals surface area contributed by atoms with Crippen LogP contribution in [-0.2, 0) is 4.79 Å². The van der Waals surface area contributed by atoms with E-state index in [1.165, 1.54) is 19.4 Å². The van der Waals surface area contributed by atoms with Gasteiger partial charge in [-0.25, -0.2) is 0 Å². The molecule has 0 spiro atoms. The molecule has 2 aromatic rings. The topological polar surface area (TPSA) is 47.8 Å². The monoisotopic (exact) mass is 217 g/mol. The number of Topliss-reactive ketones (excluding diaryl/α,β-unsaturated/α-hetero) is 1. The Morgan fingerprint density at radius 2 is 1.50 bits per heavy atom. The molecular weight excluding hydrogens is 202 g/mol. The number of carbonyl (C=O) groups is 1. The molecule has 84 valence electrons. The summed E-state index contributed by atoms with van der Waals surface area (Å²) < 4.78 is 0. The zero-order valence-electron chi connectivity index (χ0n) is 9.71. The van der Waals surface area contributed by atoms with E-state index in [2.05, 4.69) is 17.1 Å². The molecule has 0 unspecified atom stereocenters. The first kappa shape index (κ1) is 12.1. The quantitative estimate of drug-likeness (QED) is 0.735. The Bertz CT molecular complexity index is 428. The van der Waals surface area contributed by atoms with E-state index in [9.17, 15) is 4.79 Å². The normalized spacial score (nSPS) is 9.19. The van der Waals surface area contributed by atoms with E-state index in [0.29, 0.717) is 0 Å². The fourth-order valence-electron chi connectivity index (χ4n) is 1.03. The van der Waals surface area contributed by atoms with Crippen molar-refractivity contribution in [3.63, 3.8) is 0 Å². The highest BCUT2D eigenvalue weighted by atomic mass is 16.1. The van der Waals surface area contributed by atoms with E-state index >= 15 is 0 Å². The summed E-state index contributed by atoms with van der Waals surface area (Å²) in [4.78, 5) is 11.0. The second kappa shape index (κ2) is 5.80. The first-order chi connectivity index (χ1) is 7.59. The number of benzene rings is 1. The molecule has 0 atom stereocenters. The lowest BCUT2D eigenvalue weighted by molar-refractivity contribution is -0.114. The summed E-state index contributed by atoms with van der Waals surface area (Å²) in [7, 11) is 0. The van der Waals surface area contributed by atoms with Crippen molar-refractivity contribution in [2.75, 3.05) is 0 Å². The van der Waals surface area contributed by atoms with Crippen LogP contribution >= 0.6 is 0 Å².